The Bertz CT molecular complexity index is 1020. The number of esters is 1. The van der Waals surface area contributed by atoms with Crippen molar-refractivity contribution in [1.29, 1.82) is 0 Å². The van der Waals surface area contributed by atoms with Gasteiger partial charge >= 0.3 is 5.97 Å². The maximum absolute atomic E-state index is 13.3. The third kappa shape index (κ3) is 3.93. The molecule has 0 saturated heterocycles. The SMILES string of the molecule is CC(=O)Oc1c(NC(=O)c2ccccc2)oc(-c2ccc(F)cc2Cl)c1O. The first-order chi connectivity index (χ1) is 12.9. The first-order valence-electron chi connectivity index (χ1n) is 7.73. The number of nitrogens with one attached hydrogen (secondary N) is 1. The minimum absolute atomic E-state index is 0.0330. The maximum atomic E-state index is 13.3. The molecule has 1 heterocycles. The Kier molecular flexibility index (Phi) is 5.14. The summed E-state index contributed by atoms with van der Waals surface area (Å²) in [6, 6.07) is 11.7. The van der Waals surface area contributed by atoms with E-state index in [1.54, 1.807) is 30.3 Å². The largest absolute Gasteiger partial charge is 0.502 e. The van der Waals surface area contributed by atoms with Crippen molar-refractivity contribution in [2.75, 3.05) is 5.32 Å². The van der Waals surface area contributed by atoms with Crippen LogP contribution in [0.15, 0.2) is 52.9 Å². The van der Waals surface area contributed by atoms with E-state index in [1.807, 2.05) is 0 Å². The number of benzene rings is 2. The molecule has 0 aliphatic heterocycles. The highest BCUT2D eigenvalue weighted by Gasteiger charge is 2.27. The lowest BCUT2D eigenvalue weighted by molar-refractivity contribution is -0.132. The van der Waals surface area contributed by atoms with E-state index in [1.165, 1.54) is 6.07 Å². The van der Waals surface area contributed by atoms with Crippen molar-refractivity contribution in [3.63, 3.8) is 0 Å². The van der Waals surface area contributed by atoms with Gasteiger partial charge in [0.25, 0.3) is 5.91 Å². The lowest BCUT2D eigenvalue weighted by Crippen LogP contribution is -2.12. The number of hydrogen-bond acceptors (Lipinski definition) is 5. The van der Waals surface area contributed by atoms with E-state index in [2.05, 4.69) is 5.32 Å². The Morgan fingerprint density at radius 1 is 1.19 bits per heavy atom. The van der Waals surface area contributed by atoms with Gasteiger partial charge in [-0.05, 0) is 30.3 Å². The van der Waals surface area contributed by atoms with Gasteiger partial charge in [0.05, 0.1) is 5.02 Å². The Morgan fingerprint density at radius 3 is 2.52 bits per heavy atom. The molecule has 2 N–H and O–H groups in total. The molecule has 3 rings (SSSR count). The number of halogens is 2. The van der Waals surface area contributed by atoms with Crippen LogP contribution in [0.2, 0.25) is 5.02 Å². The number of carbonyl (C=O) groups is 2. The van der Waals surface area contributed by atoms with Gasteiger partial charge in [-0.1, -0.05) is 29.8 Å². The van der Waals surface area contributed by atoms with Crippen LogP contribution in [0.4, 0.5) is 10.3 Å². The van der Waals surface area contributed by atoms with Crippen molar-refractivity contribution in [3.05, 3.63) is 64.9 Å². The first kappa shape index (κ1) is 18.5. The number of hydrogen-bond donors (Lipinski definition) is 2. The second-order valence-corrected chi connectivity index (χ2v) is 5.88. The average Bonchev–Trinajstić information content (AvgIpc) is 2.91. The molecule has 0 saturated carbocycles. The molecule has 1 aromatic heterocycles. The van der Waals surface area contributed by atoms with E-state index < -0.39 is 23.4 Å². The summed E-state index contributed by atoms with van der Waals surface area (Å²) >= 11 is 6.00. The van der Waals surface area contributed by atoms with Gasteiger partial charge in [-0.15, -0.1) is 0 Å². The Hall–Kier alpha value is -3.32. The predicted octanol–water partition coefficient (Wildman–Crippen LogP) is 4.62. The van der Waals surface area contributed by atoms with Gasteiger partial charge < -0.3 is 14.3 Å². The molecular formula is C19H13ClFNO5. The predicted molar refractivity (Wildman–Crippen MR) is 96.5 cm³/mol. The number of aromatic hydroxyl groups is 1. The van der Waals surface area contributed by atoms with E-state index >= 15 is 0 Å². The summed E-state index contributed by atoms with van der Waals surface area (Å²) in [7, 11) is 0. The molecular weight excluding hydrogens is 377 g/mol. The Morgan fingerprint density at radius 2 is 1.89 bits per heavy atom. The van der Waals surface area contributed by atoms with Gasteiger partial charge in [0.1, 0.15) is 5.82 Å². The molecule has 8 heteroatoms. The summed E-state index contributed by atoms with van der Waals surface area (Å²) in [6.07, 6.45) is 0. The van der Waals surface area contributed by atoms with Crippen LogP contribution in [0, 0.1) is 5.82 Å². The van der Waals surface area contributed by atoms with Crippen LogP contribution < -0.4 is 10.1 Å². The summed E-state index contributed by atoms with van der Waals surface area (Å²) in [4.78, 5) is 23.7. The summed E-state index contributed by atoms with van der Waals surface area (Å²) < 4.78 is 23.7. The van der Waals surface area contributed by atoms with Gasteiger partial charge in [0, 0.05) is 18.1 Å². The van der Waals surface area contributed by atoms with E-state index in [-0.39, 0.29) is 28.0 Å². The molecule has 0 spiro atoms. The fourth-order valence-corrected chi connectivity index (χ4v) is 2.60. The average molecular weight is 390 g/mol. The molecule has 0 fully saturated rings. The quantitative estimate of drug-likeness (QED) is 0.635. The monoisotopic (exact) mass is 389 g/mol. The van der Waals surface area contributed by atoms with Crippen LogP contribution in [0.1, 0.15) is 17.3 Å². The minimum Gasteiger partial charge on any atom is -0.502 e. The zero-order chi connectivity index (χ0) is 19.6. The number of furan rings is 1. The van der Waals surface area contributed by atoms with E-state index in [0.29, 0.717) is 5.56 Å². The molecule has 0 aliphatic rings. The highest BCUT2D eigenvalue weighted by atomic mass is 35.5. The van der Waals surface area contributed by atoms with Gasteiger partial charge in [0.2, 0.25) is 17.4 Å². The van der Waals surface area contributed by atoms with Crippen LogP contribution in [0.25, 0.3) is 11.3 Å². The molecule has 1 amide bonds. The van der Waals surface area contributed by atoms with Crippen molar-refractivity contribution in [2.24, 2.45) is 0 Å². The lowest BCUT2D eigenvalue weighted by Gasteiger charge is -2.04. The second-order valence-electron chi connectivity index (χ2n) is 5.48. The van der Waals surface area contributed by atoms with Crippen molar-refractivity contribution in [2.45, 2.75) is 6.92 Å². The molecule has 0 atom stereocenters. The zero-order valence-corrected chi connectivity index (χ0v) is 14.7. The van der Waals surface area contributed by atoms with Crippen LogP contribution in [0.3, 0.4) is 0 Å². The molecule has 0 unspecified atom stereocenters. The molecule has 0 aliphatic carbocycles. The zero-order valence-electron chi connectivity index (χ0n) is 14.0. The smallest absolute Gasteiger partial charge is 0.308 e. The molecule has 27 heavy (non-hydrogen) atoms. The van der Waals surface area contributed by atoms with Gasteiger partial charge in [-0.2, -0.15) is 0 Å². The fraction of sp³-hybridized carbons (Fsp3) is 0.0526. The fourth-order valence-electron chi connectivity index (χ4n) is 2.35. The van der Waals surface area contributed by atoms with Gasteiger partial charge in [0.15, 0.2) is 5.76 Å². The summed E-state index contributed by atoms with van der Waals surface area (Å²) in [6.45, 7) is 1.12. The summed E-state index contributed by atoms with van der Waals surface area (Å²) in [5.41, 5.74) is 0.479. The molecule has 3 aromatic rings. The van der Waals surface area contributed by atoms with Crippen LogP contribution in [-0.4, -0.2) is 17.0 Å². The number of rotatable bonds is 4. The van der Waals surface area contributed by atoms with Crippen molar-refractivity contribution < 1.29 is 28.2 Å². The van der Waals surface area contributed by atoms with Crippen molar-refractivity contribution >= 4 is 29.4 Å². The standard InChI is InChI=1S/C19H13ClFNO5/c1-10(23)26-17-15(24)16(13-8-7-12(21)9-14(13)20)27-19(17)22-18(25)11-5-3-2-4-6-11/h2-9,24H,1H3,(H,22,25). The maximum Gasteiger partial charge on any atom is 0.308 e. The molecule has 0 bridgehead atoms. The highest BCUT2D eigenvalue weighted by molar-refractivity contribution is 6.33. The molecule has 0 radical (unpaired) electrons. The van der Waals surface area contributed by atoms with Crippen molar-refractivity contribution in [1.82, 2.24) is 0 Å². The van der Waals surface area contributed by atoms with Crippen molar-refractivity contribution in [3.8, 4) is 22.8 Å². The van der Waals surface area contributed by atoms with Gasteiger partial charge in [-0.25, -0.2) is 4.39 Å². The number of carbonyl (C=O) groups excluding carboxylic acids is 2. The Balaban J connectivity index is 2.04. The third-order valence-electron chi connectivity index (χ3n) is 3.53. The number of anilines is 1. The van der Waals surface area contributed by atoms with E-state index in [0.717, 1.165) is 19.1 Å². The second kappa shape index (κ2) is 7.51. The van der Waals surface area contributed by atoms with Crippen LogP contribution >= 0.6 is 11.6 Å². The molecule has 138 valence electrons. The lowest BCUT2D eigenvalue weighted by atomic mass is 10.1. The Labute approximate surface area is 158 Å². The van der Waals surface area contributed by atoms with Crippen LogP contribution in [0.5, 0.6) is 11.5 Å². The minimum atomic E-state index is -0.738. The van der Waals surface area contributed by atoms with Gasteiger partial charge in [-0.3, -0.25) is 14.9 Å². The molecule has 6 nitrogen and oxygen atoms in total. The first-order valence-corrected chi connectivity index (χ1v) is 8.10. The van der Waals surface area contributed by atoms with E-state index in [9.17, 15) is 19.1 Å². The van der Waals surface area contributed by atoms with Crippen LogP contribution in [-0.2, 0) is 4.79 Å². The summed E-state index contributed by atoms with van der Waals surface area (Å²) in [5.74, 6) is -3.25. The van der Waals surface area contributed by atoms with E-state index in [4.69, 9.17) is 20.8 Å². The third-order valence-corrected chi connectivity index (χ3v) is 3.84. The number of ether oxygens (including phenoxy) is 1. The topological polar surface area (TPSA) is 88.8 Å². The normalized spacial score (nSPS) is 10.5. The number of amides is 1. The summed E-state index contributed by atoms with van der Waals surface area (Å²) in [5, 5.41) is 12.8. The molecule has 2 aromatic carbocycles. The highest BCUT2D eigenvalue weighted by Crippen LogP contribution is 2.48.